The van der Waals surface area contributed by atoms with Crippen LogP contribution in [0.4, 0.5) is 5.69 Å². The topological polar surface area (TPSA) is 72.2 Å². The van der Waals surface area contributed by atoms with Gasteiger partial charge in [-0.25, -0.2) is 0 Å². The SMILES string of the molecule is O=C(NCCCc1ccccc1)c1ccc([N+](=O)[O-])cc1. The number of nitrogens with one attached hydrogen (secondary N) is 1. The van der Waals surface area contributed by atoms with Crippen molar-refractivity contribution in [2.45, 2.75) is 12.8 Å². The molecule has 1 N–H and O–H groups in total. The summed E-state index contributed by atoms with van der Waals surface area (Å²) < 4.78 is 0. The summed E-state index contributed by atoms with van der Waals surface area (Å²) in [6, 6.07) is 15.7. The van der Waals surface area contributed by atoms with E-state index in [1.54, 1.807) is 0 Å². The number of aryl methyl sites for hydroxylation is 1. The zero-order chi connectivity index (χ0) is 15.1. The predicted octanol–water partition coefficient (Wildman–Crippen LogP) is 2.96. The Balaban J connectivity index is 1.78. The van der Waals surface area contributed by atoms with Gasteiger partial charge in [0.2, 0.25) is 0 Å². The number of amides is 1. The average Bonchev–Trinajstić information content (AvgIpc) is 2.52. The highest BCUT2D eigenvalue weighted by Crippen LogP contribution is 2.11. The van der Waals surface area contributed by atoms with Crippen LogP contribution >= 0.6 is 0 Å². The highest BCUT2D eigenvalue weighted by molar-refractivity contribution is 5.94. The molecule has 0 aliphatic heterocycles. The molecule has 5 nitrogen and oxygen atoms in total. The van der Waals surface area contributed by atoms with E-state index in [4.69, 9.17) is 0 Å². The van der Waals surface area contributed by atoms with Crippen molar-refractivity contribution in [2.75, 3.05) is 6.54 Å². The van der Waals surface area contributed by atoms with Gasteiger partial charge < -0.3 is 5.32 Å². The first-order chi connectivity index (χ1) is 10.2. The van der Waals surface area contributed by atoms with Gasteiger partial charge in [-0.05, 0) is 30.5 Å². The average molecular weight is 284 g/mol. The lowest BCUT2D eigenvalue weighted by atomic mass is 10.1. The molecule has 0 radical (unpaired) electrons. The third-order valence-corrected chi connectivity index (χ3v) is 3.11. The second-order valence-corrected chi connectivity index (χ2v) is 4.65. The molecule has 5 heteroatoms. The second kappa shape index (κ2) is 7.19. The smallest absolute Gasteiger partial charge is 0.269 e. The molecule has 1 amide bonds. The summed E-state index contributed by atoms with van der Waals surface area (Å²) in [5.74, 6) is -0.210. The zero-order valence-electron chi connectivity index (χ0n) is 11.5. The Bertz CT molecular complexity index is 609. The van der Waals surface area contributed by atoms with Gasteiger partial charge in [-0.3, -0.25) is 14.9 Å². The normalized spacial score (nSPS) is 10.1. The van der Waals surface area contributed by atoms with Crippen molar-refractivity contribution in [1.82, 2.24) is 5.32 Å². The summed E-state index contributed by atoms with van der Waals surface area (Å²) in [4.78, 5) is 21.9. The van der Waals surface area contributed by atoms with Gasteiger partial charge in [0, 0.05) is 24.2 Å². The van der Waals surface area contributed by atoms with Crippen LogP contribution < -0.4 is 5.32 Å². The number of nitro groups is 1. The number of hydrogen-bond acceptors (Lipinski definition) is 3. The summed E-state index contributed by atoms with van der Waals surface area (Å²) in [6.45, 7) is 0.574. The van der Waals surface area contributed by atoms with Crippen LogP contribution in [0.5, 0.6) is 0 Å². The molecule has 0 bridgehead atoms. The van der Waals surface area contributed by atoms with E-state index in [1.165, 1.54) is 29.8 Å². The molecule has 0 aliphatic carbocycles. The molecule has 0 saturated heterocycles. The van der Waals surface area contributed by atoms with Crippen LogP contribution in [0.15, 0.2) is 54.6 Å². The van der Waals surface area contributed by atoms with E-state index < -0.39 is 4.92 Å². The van der Waals surface area contributed by atoms with Crippen molar-refractivity contribution in [2.24, 2.45) is 0 Å². The maximum absolute atomic E-state index is 11.9. The summed E-state index contributed by atoms with van der Waals surface area (Å²) in [6.07, 6.45) is 1.75. The summed E-state index contributed by atoms with van der Waals surface area (Å²) in [7, 11) is 0. The molecule has 0 heterocycles. The molecular formula is C16H16N2O3. The highest BCUT2D eigenvalue weighted by atomic mass is 16.6. The van der Waals surface area contributed by atoms with E-state index in [-0.39, 0.29) is 11.6 Å². The first kappa shape index (κ1) is 14.7. The van der Waals surface area contributed by atoms with E-state index in [9.17, 15) is 14.9 Å². The largest absolute Gasteiger partial charge is 0.352 e. The van der Waals surface area contributed by atoms with Gasteiger partial charge in [-0.2, -0.15) is 0 Å². The van der Waals surface area contributed by atoms with Gasteiger partial charge >= 0.3 is 0 Å². The van der Waals surface area contributed by atoms with Crippen molar-refractivity contribution in [3.63, 3.8) is 0 Å². The van der Waals surface area contributed by atoms with E-state index in [1.807, 2.05) is 18.2 Å². The number of carbonyl (C=O) groups excluding carboxylic acids is 1. The van der Waals surface area contributed by atoms with Crippen molar-refractivity contribution in [3.05, 3.63) is 75.8 Å². The Labute approximate surface area is 122 Å². The summed E-state index contributed by atoms with van der Waals surface area (Å²) >= 11 is 0. The lowest BCUT2D eigenvalue weighted by Gasteiger charge is -2.05. The van der Waals surface area contributed by atoms with Crippen LogP contribution in [0.1, 0.15) is 22.3 Å². The third-order valence-electron chi connectivity index (χ3n) is 3.11. The van der Waals surface area contributed by atoms with Gasteiger partial charge in [-0.1, -0.05) is 30.3 Å². The Kier molecular flexibility index (Phi) is 5.04. The zero-order valence-corrected chi connectivity index (χ0v) is 11.5. The molecule has 0 saturated carbocycles. The minimum atomic E-state index is -0.485. The van der Waals surface area contributed by atoms with Crippen molar-refractivity contribution < 1.29 is 9.72 Å². The van der Waals surface area contributed by atoms with E-state index in [0.717, 1.165) is 12.8 Å². The number of benzene rings is 2. The van der Waals surface area contributed by atoms with Gasteiger partial charge in [0.1, 0.15) is 0 Å². The monoisotopic (exact) mass is 284 g/mol. The van der Waals surface area contributed by atoms with Crippen molar-refractivity contribution in [1.29, 1.82) is 0 Å². The van der Waals surface area contributed by atoms with Crippen LogP contribution in [0.2, 0.25) is 0 Å². The minimum absolute atomic E-state index is 0.0179. The fourth-order valence-corrected chi connectivity index (χ4v) is 1.98. The lowest BCUT2D eigenvalue weighted by Crippen LogP contribution is -2.24. The van der Waals surface area contributed by atoms with E-state index in [0.29, 0.717) is 12.1 Å². The molecule has 2 rings (SSSR count). The molecule has 108 valence electrons. The number of rotatable bonds is 6. The molecule has 21 heavy (non-hydrogen) atoms. The quantitative estimate of drug-likeness (QED) is 0.503. The minimum Gasteiger partial charge on any atom is -0.352 e. The van der Waals surface area contributed by atoms with Gasteiger partial charge in [-0.15, -0.1) is 0 Å². The molecule has 0 aliphatic rings. The van der Waals surface area contributed by atoms with E-state index in [2.05, 4.69) is 17.4 Å². The molecule has 2 aromatic carbocycles. The van der Waals surface area contributed by atoms with Gasteiger partial charge in [0.25, 0.3) is 11.6 Å². The molecule has 0 fully saturated rings. The van der Waals surface area contributed by atoms with Gasteiger partial charge in [0.15, 0.2) is 0 Å². The first-order valence-electron chi connectivity index (χ1n) is 6.73. The molecular weight excluding hydrogens is 268 g/mol. The van der Waals surface area contributed by atoms with Gasteiger partial charge in [0.05, 0.1) is 4.92 Å². The maximum atomic E-state index is 11.9. The van der Waals surface area contributed by atoms with Crippen molar-refractivity contribution >= 4 is 11.6 Å². The Morgan fingerprint density at radius 1 is 1.05 bits per heavy atom. The van der Waals surface area contributed by atoms with Crippen LogP contribution in [0.3, 0.4) is 0 Å². The first-order valence-corrected chi connectivity index (χ1v) is 6.73. The number of nitrogens with zero attached hydrogens (tertiary/aromatic N) is 1. The number of non-ortho nitro benzene ring substituents is 1. The van der Waals surface area contributed by atoms with E-state index >= 15 is 0 Å². The second-order valence-electron chi connectivity index (χ2n) is 4.65. The third kappa shape index (κ3) is 4.42. The number of nitro benzene ring substituents is 1. The lowest BCUT2D eigenvalue weighted by molar-refractivity contribution is -0.384. The molecule has 2 aromatic rings. The summed E-state index contributed by atoms with van der Waals surface area (Å²) in [5.41, 5.74) is 1.65. The summed E-state index contributed by atoms with van der Waals surface area (Å²) in [5, 5.41) is 13.3. The molecule has 0 spiro atoms. The van der Waals surface area contributed by atoms with Crippen LogP contribution in [-0.4, -0.2) is 17.4 Å². The van der Waals surface area contributed by atoms with Crippen molar-refractivity contribution in [3.8, 4) is 0 Å². The highest BCUT2D eigenvalue weighted by Gasteiger charge is 2.08. The fraction of sp³-hybridized carbons (Fsp3) is 0.188. The Morgan fingerprint density at radius 3 is 2.33 bits per heavy atom. The molecule has 0 unspecified atom stereocenters. The maximum Gasteiger partial charge on any atom is 0.269 e. The van der Waals surface area contributed by atoms with Crippen LogP contribution in [0, 0.1) is 10.1 Å². The fourth-order valence-electron chi connectivity index (χ4n) is 1.98. The Morgan fingerprint density at radius 2 is 1.71 bits per heavy atom. The Hall–Kier alpha value is -2.69. The predicted molar refractivity (Wildman–Crippen MR) is 80.2 cm³/mol. The number of hydrogen-bond donors (Lipinski definition) is 1. The number of carbonyl (C=O) groups is 1. The molecule has 0 aromatic heterocycles. The van der Waals surface area contributed by atoms with Crippen LogP contribution in [-0.2, 0) is 6.42 Å². The molecule has 0 atom stereocenters. The van der Waals surface area contributed by atoms with Crippen LogP contribution in [0.25, 0.3) is 0 Å². The standard InChI is InChI=1S/C16H16N2O3/c19-16(14-8-10-15(11-9-14)18(20)21)17-12-4-7-13-5-2-1-3-6-13/h1-3,5-6,8-11H,4,7,12H2,(H,17,19).